The van der Waals surface area contributed by atoms with E-state index in [0.29, 0.717) is 12.8 Å². The van der Waals surface area contributed by atoms with Crippen molar-refractivity contribution in [3.63, 3.8) is 0 Å². The van der Waals surface area contributed by atoms with E-state index in [4.69, 9.17) is 14.2 Å². The minimum atomic E-state index is -0.559. The van der Waals surface area contributed by atoms with Crippen molar-refractivity contribution in [2.75, 3.05) is 7.11 Å². The third kappa shape index (κ3) is 4.84. The van der Waals surface area contributed by atoms with Crippen LogP contribution in [-0.4, -0.2) is 24.7 Å². The fraction of sp³-hybridized carbons (Fsp3) is 0.458. The molecule has 1 aliphatic heterocycles. The van der Waals surface area contributed by atoms with Gasteiger partial charge in [0.2, 0.25) is 0 Å². The van der Waals surface area contributed by atoms with Crippen molar-refractivity contribution in [2.24, 2.45) is 0 Å². The molecule has 0 bridgehead atoms. The molecule has 1 N–H and O–H groups in total. The molecule has 5 heteroatoms. The minimum absolute atomic E-state index is 0.121. The van der Waals surface area contributed by atoms with Gasteiger partial charge < -0.3 is 19.5 Å². The second-order valence-corrected chi connectivity index (χ2v) is 8.31. The number of hydrogen-bond donors (Lipinski definition) is 1. The zero-order valence-electron chi connectivity index (χ0n) is 18.2. The van der Waals surface area contributed by atoms with Crippen molar-refractivity contribution in [3.8, 4) is 17.2 Å². The number of nitrogens with one attached hydrogen (secondary N) is 1. The van der Waals surface area contributed by atoms with Gasteiger partial charge in [0.15, 0.2) is 6.10 Å². The molecule has 0 radical (unpaired) electrons. The molecule has 0 saturated carbocycles. The molecule has 5 nitrogen and oxygen atoms in total. The van der Waals surface area contributed by atoms with E-state index in [1.54, 1.807) is 7.11 Å². The van der Waals surface area contributed by atoms with Gasteiger partial charge in [0.05, 0.1) is 13.2 Å². The number of aryl methyl sites for hydroxylation is 2. The van der Waals surface area contributed by atoms with E-state index in [1.807, 2.05) is 65.0 Å². The summed E-state index contributed by atoms with van der Waals surface area (Å²) < 4.78 is 17.5. The van der Waals surface area contributed by atoms with E-state index in [-0.39, 0.29) is 17.6 Å². The van der Waals surface area contributed by atoms with E-state index < -0.39 is 6.10 Å². The molecule has 156 valence electrons. The average molecular weight is 398 g/mol. The summed E-state index contributed by atoms with van der Waals surface area (Å²) in [6, 6.07) is 11.5. The highest BCUT2D eigenvalue weighted by Crippen LogP contribution is 2.41. The van der Waals surface area contributed by atoms with Gasteiger partial charge in [-0.2, -0.15) is 0 Å². The maximum absolute atomic E-state index is 13.1. The first-order valence-corrected chi connectivity index (χ1v) is 10.1. The number of amides is 1. The van der Waals surface area contributed by atoms with Gasteiger partial charge in [0.25, 0.3) is 5.91 Å². The Bertz CT molecular complexity index is 890. The van der Waals surface area contributed by atoms with Crippen LogP contribution < -0.4 is 19.5 Å². The minimum Gasteiger partial charge on any atom is -0.497 e. The Labute approximate surface area is 173 Å². The zero-order chi connectivity index (χ0) is 21.2. The first kappa shape index (κ1) is 21.0. The fourth-order valence-corrected chi connectivity index (χ4v) is 3.76. The summed E-state index contributed by atoms with van der Waals surface area (Å²) in [4.78, 5) is 13.1. The highest BCUT2D eigenvalue weighted by atomic mass is 16.5. The molecule has 1 aliphatic rings. The van der Waals surface area contributed by atoms with Crippen molar-refractivity contribution in [3.05, 3.63) is 53.1 Å². The summed E-state index contributed by atoms with van der Waals surface area (Å²) in [5, 5.41) is 3.18. The van der Waals surface area contributed by atoms with Gasteiger partial charge in [-0.25, -0.2) is 0 Å². The molecule has 3 rings (SSSR count). The molecule has 0 unspecified atom stereocenters. The van der Waals surface area contributed by atoms with E-state index in [9.17, 15) is 4.79 Å². The van der Waals surface area contributed by atoms with Gasteiger partial charge >= 0.3 is 0 Å². The van der Waals surface area contributed by atoms with Crippen LogP contribution >= 0.6 is 0 Å². The number of carbonyl (C=O) groups excluding carboxylic acids is 1. The van der Waals surface area contributed by atoms with Crippen LogP contribution in [0.4, 0.5) is 0 Å². The first-order valence-electron chi connectivity index (χ1n) is 10.1. The maximum Gasteiger partial charge on any atom is 0.261 e. The van der Waals surface area contributed by atoms with Gasteiger partial charge in [-0.1, -0.05) is 24.6 Å². The Kier molecular flexibility index (Phi) is 6.06. The molecule has 1 heterocycles. The van der Waals surface area contributed by atoms with Gasteiger partial charge in [-0.05, 0) is 63.9 Å². The second-order valence-electron chi connectivity index (χ2n) is 8.31. The SMILES string of the molecule is CC[C@H](Oc1ccc(C)cc1C)C(=O)N[C@@H]1CC(C)(C)Oc2ccc(OC)cc21. The maximum atomic E-state index is 13.1. The third-order valence-corrected chi connectivity index (χ3v) is 5.25. The lowest BCUT2D eigenvalue weighted by molar-refractivity contribution is -0.129. The smallest absolute Gasteiger partial charge is 0.261 e. The van der Waals surface area contributed by atoms with Crippen LogP contribution in [0.2, 0.25) is 0 Å². The van der Waals surface area contributed by atoms with Crippen molar-refractivity contribution in [1.29, 1.82) is 0 Å². The molecule has 2 aromatic carbocycles. The fourth-order valence-electron chi connectivity index (χ4n) is 3.76. The first-order chi connectivity index (χ1) is 13.7. The van der Waals surface area contributed by atoms with E-state index in [2.05, 4.69) is 11.4 Å². The Morgan fingerprint density at radius 2 is 2.00 bits per heavy atom. The largest absolute Gasteiger partial charge is 0.497 e. The van der Waals surface area contributed by atoms with Gasteiger partial charge in [-0.15, -0.1) is 0 Å². The van der Waals surface area contributed by atoms with Crippen LogP contribution in [0.5, 0.6) is 17.2 Å². The number of methoxy groups -OCH3 is 1. The van der Waals surface area contributed by atoms with Crippen LogP contribution in [0.15, 0.2) is 36.4 Å². The molecular formula is C24H31NO4. The van der Waals surface area contributed by atoms with Crippen LogP contribution in [0.3, 0.4) is 0 Å². The summed E-state index contributed by atoms with van der Waals surface area (Å²) >= 11 is 0. The van der Waals surface area contributed by atoms with Crippen molar-refractivity contribution < 1.29 is 19.0 Å². The highest BCUT2D eigenvalue weighted by Gasteiger charge is 2.36. The quantitative estimate of drug-likeness (QED) is 0.754. The molecule has 2 atom stereocenters. The third-order valence-electron chi connectivity index (χ3n) is 5.25. The Morgan fingerprint density at radius 1 is 1.24 bits per heavy atom. The van der Waals surface area contributed by atoms with Gasteiger partial charge in [0, 0.05) is 12.0 Å². The summed E-state index contributed by atoms with van der Waals surface area (Å²) in [6.07, 6.45) is 0.687. The number of hydrogen-bond acceptors (Lipinski definition) is 4. The number of benzene rings is 2. The lowest BCUT2D eigenvalue weighted by Gasteiger charge is -2.38. The molecule has 1 amide bonds. The monoisotopic (exact) mass is 397 g/mol. The molecule has 0 aliphatic carbocycles. The highest BCUT2D eigenvalue weighted by molar-refractivity contribution is 5.81. The molecule has 0 saturated heterocycles. The topological polar surface area (TPSA) is 56.8 Å². The molecular weight excluding hydrogens is 366 g/mol. The van der Waals surface area contributed by atoms with Gasteiger partial charge in [0.1, 0.15) is 22.8 Å². The Balaban J connectivity index is 1.81. The summed E-state index contributed by atoms with van der Waals surface area (Å²) in [5.74, 6) is 2.14. The summed E-state index contributed by atoms with van der Waals surface area (Å²) in [7, 11) is 1.63. The van der Waals surface area contributed by atoms with Crippen molar-refractivity contribution in [2.45, 2.75) is 65.2 Å². The van der Waals surface area contributed by atoms with Crippen LogP contribution in [0.25, 0.3) is 0 Å². The lowest BCUT2D eigenvalue weighted by Crippen LogP contribution is -2.45. The Morgan fingerprint density at radius 3 is 2.66 bits per heavy atom. The Hall–Kier alpha value is -2.69. The predicted molar refractivity (Wildman–Crippen MR) is 114 cm³/mol. The standard InChI is InChI=1S/C24H31NO4/c1-7-20(28-21-10-8-15(2)12-16(21)3)23(26)25-19-14-24(4,5)29-22-11-9-17(27-6)13-18(19)22/h8-13,19-20H,7,14H2,1-6H3,(H,25,26)/t19-,20+/m1/s1. The molecule has 0 aromatic heterocycles. The lowest BCUT2D eigenvalue weighted by atomic mass is 9.89. The van der Waals surface area contributed by atoms with Gasteiger partial charge in [-0.3, -0.25) is 4.79 Å². The van der Waals surface area contributed by atoms with E-state index in [1.165, 1.54) is 5.56 Å². The van der Waals surface area contributed by atoms with E-state index >= 15 is 0 Å². The predicted octanol–water partition coefficient (Wildman–Crippen LogP) is 4.89. The summed E-state index contributed by atoms with van der Waals surface area (Å²) in [5.41, 5.74) is 2.75. The number of fused-ring (bicyclic) bond motifs is 1. The second kappa shape index (κ2) is 8.36. The van der Waals surface area contributed by atoms with Crippen molar-refractivity contribution in [1.82, 2.24) is 5.32 Å². The van der Waals surface area contributed by atoms with Crippen LogP contribution in [0, 0.1) is 13.8 Å². The zero-order valence-corrected chi connectivity index (χ0v) is 18.2. The molecule has 2 aromatic rings. The van der Waals surface area contributed by atoms with Crippen LogP contribution in [0.1, 0.15) is 56.3 Å². The summed E-state index contributed by atoms with van der Waals surface area (Å²) in [6.45, 7) is 10.1. The van der Waals surface area contributed by atoms with Crippen LogP contribution in [-0.2, 0) is 4.79 Å². The number of carbonyl (C=O) groups is 1. The average Bonchev–Trinajstić information content (AvgIpc) is 2.66. The normalized spacial score (nSPS) is 18.2. The van der Waals surface area contributed by atoms with E-state index in [0.717, 1.165) is 28.4 Å². The molecule has 29 heavy (non-hydrogen) atoms. The van der Waals surface area contributed by atoms with Crippen molar-refractivity contribution >= 4 is 5.91 Å². The molecule has 0 fully saturated rings. The molecule has 0 spiro atoms. The number of ether oxygens (including phenoxy) is 3. The number of rotatable bonds is 6.